The number of amides is 1. The Labute approximate surface area is 149 Å². The van der Waals surface area contributed by atoms with Gasteiger partial charge in [0.2, 0.25) is 5.91 Å². The Morgan fingerprint density at radius 1 is 1.19 bits per heavy atom. The van der Waals surface area contributed by atoms with Crippen molar-refractivity contribution in [3.05, 3.63) is 42.2 Å². The molecule has 0 saturated carbocycles. The summed E-state index contributed by atoms with van der Waals surface area (Å²) in [6.07, 6.45) is 2.11. The fourth-order valence-electron chi connectivity index (χ4n) is 3.50. The van der Waals surface area contributed by atoms with Crippen molar-refractivity contribution in [1.29, 1.82) is 0 Å². The Kier molecular flexibility index (Phi) is 4.28. The number of nitrogens with zero attached hydrogens (tertiary/aromatic N) is 4. The highest BCUT2D eigenvalue weighted by Gasteiger charge is 2.39. The highest BCUT2D eigenvalue weighted by Crippen LogP contribution is 2.30. The van der Waals surface area contributed by atoms with Gasteiger partial charge in [0, 0.05) is 31.2 Å². The summed E-state index contributed by atoms with van der Waals surface area (Å²) >= 11 is 0. The molecule has 0 radical (unpaired) electrons. The first-order valence-electron chi connectivity index (χ1n) is 8.55. The Balaban J connectivity index is 1.49. The van der Waals surface area contributed by atoms with Gasteiger partial charge in [-0.3, -0.25) is 9.69 Å². The molecule has 8 heteroatoms. The van der Waals surface area contributed by atoms with Gasteiger partial charge in [-0.15, -0.1) is 0 Å². The molecule has 2 aliphatic rings. The molecule has 0 aliphatic carbocycles. The first kappa shape index (κ1) is 16.8. The van der Waals surface area contributed by atoms with Crippen molar-refractivity contribution in [2.45, 2.75) is 18.5 Å². The summed E-state index contributed by atoms with van der Waals surface area (Å²) in [5.41, 5.74) is 0.659. The minimum absolute atomic E-state index is 0.0535. The van der Waals surface area contributed by atoms with Crippen molar-refractivity contribution in [2.75, 3.05) is 31.6 Å². The number of benzene rings is 1. The highest BCUT2D eigenvalue weighted by molar-refractivity contribution is 5.83. The lowest BCUT2D eigenvalue weighted by atomic mass is 10.0. The van der Waals surface area contributed by atoms with Gasteiger partial charge in [-0.1, -0.05) is 0 Å². The van der Waals surface area contributed by atoms with E-state index in [-0.39, 0.29) is 35.3 Å². The van der Waals surface area contributed by atoms with Crippen LogP contribution in [0.5, 0.6) is 0 Å². The van der Waals surface area contributed by atoms with E-state index in [9.17, 15) is 13.6 Å². The van der Waals surface area contributed by atoms with Crippen LogP contribution < -0.4 is 10.2 Å². The largest absolute Gasteiger partial charge is 0.355 e. The van der Waals surface area contributed by atoms with E-state index >= 15 is 0 Å². The van der Waals surface area contributed by atoms with Crippen LogP contribution in [0.1, 0.15) is 6.42 Å². The molecule has 1 N–H and O–H groups in total. The topological polar surface area (TPSA) is 61.4 Å². The van der Waals surface area contributed by atoms with E-state index in [0.717, 1.165) is 6.42 Å². The second kappa shape index (κ2) is 6.60. The predicted octanol–water partition coefficient (Wildman–Crippen LogP) is 1.43. The molecule has 2 aliphatic heterocycles. The highest BCUT2D eigenvalue weighted by atomic mass is 19.1. The monoisotopic (exact) mass is 359 g/mol. The van der Waals surface area contributed by atoms with Crippen molar-refractivity contribution >= 4 is 11.7 Å². The smallest absolute Gasteiger partial charge is 0.237 e. The van der Waals surface area contributed by atoms with E-state index in [2.05, 4.69) is 20.2 Å². The first-order chi connectivity index (χ1) is 12.5. The lowest BCUT2D eigenvalue weighted by Gasteiger charge is -2.46. The maximum Gasteiger partial charge on any atom is 0.237 e. The second-order valence-corrected chi connectivity index (χ2v) is 6.69. The van der Waals surface area contributed by atoms with Gasteiger partial charge in [-0.2, -0.15) is 0 Å². The molecule has 1 amide bonds. The van der Waals surface area contributed by atoms with E-state index in [4.69, 9.17) is 0 Å². The summed E-state index contributed by atoms with van der Waals surface area (Å²) < 4.78 is 28.0. The van der Waals surface area contributed by atoms with Crippen LogP contribution in [0.2, 0.25) is 0 Å². The van der Waals surface area contributed by atoms with Crippen LogP contribution in [0.25, 0.3) is 11.3 Å². The summed E-state index contributed by atoms with van der Waals surface area (Å²) in [7, 11) is 1.93. The molecular weight excluding hydrogens is 340 g/mol. The zero-order chi connectivity index (χ0) is 18.3. The van der Waals surface area contributed by atoms with E-state index < -0.39 is 5.82 Å². The normalized spacial score (nSPS) is 20.4. The van der Waals surface area contributed by atoms with Crippen molar-refractivity contribution < 1.29 is 13.6 Å². The summed E-state index contributed by atoms with van der Waals surface area (Å²) in [6.45, 7) is 1.89. The molecular formula is C18H19F2N5O. The molecule has 0 spiro atoms. The quantitative estimate of drug-likeness (QED) is 0.895. The van der Waals surface area contributed by atoms with Crippen LogP contribution in [-0.4, -0.2) is 59.5 Å². The number of hydrogen-bond donors (Lipinski definition) is 1. The fourth-order valence-corrected chi connectivity index (χ4v) is 3.50. The lowest BCUT2D eigenvalue weighted by Crippen LogP contribution is -2.62. The van der Waals surface area contributed by atoms with Gasteiger partial charge in [0.25, 0.3) is 0 Å². The Hall–Kier alpha value is -2.61. The predicted molar refractivity (Wildman–Crippen MR) is 92.6 cm³/mol. The van der Waals surface area contributed by atoms with Gasteiger partial charge in [-0.25, -0.2) is 18.7 Å². The third-order valence-electron chi connectivity index (χ3n) is 5.14. The standard InChI is InChI=1S/C18H19F2N5O/c1-24(14-6-7-21-18(14)26)13-8-25(9-13)17-15(20)16(22-10-23-17)11-2-4-12(19)5-3-11/h2-5,10,13-14H,6-9H2,1H3,(H,21,26). The third-order valence-corrected chi connectivity index (χ3v) is 5.14. The second-order valence-electron chi connectivity index (χ2n) is 6.69. The van der Waals surface area contributed by atoms with Crippen LogP contribution in [0.15, 0.2) is 30.6 Å². The van der Waals surface area contributed by atoms with Crippen molar-refractivity contribution in [3.8, 4) is 11.3 Å². The summed E-state index contributed by atoms with van der Waals surface area (Å²) in [5, 5.41) is 2.83. The molecule has 6 nitrogen and oxygen atoms in total. The molecule has 26 heavy (non-hydrogen) atoms. The molecule has 1 aromatic carbocycles. The average molecular weight is 359 g/mol. The van der Waals surface area contributed by atoms with Gasteiger partial charge in [0.15, 0.2) is 11.6 Å². The lowest BCUT2D eigenvalue weighted by molar-refractivity contribution is -0.124. The number of carbonyl (C=O) groups is 1. The molecule has 2 fully saturated rings. The van der Waals surface area contributed by atoms with Crippen LogP contribution in [0.3, 0.4) is 0 Å². The minimum Gasteiger partial charge on any atom is -0.355 e. The van der Waals surface area contributed by atoms with E-state index in [1.807, 2.05) is 11.9 Å². The summed E-state index contributed by atoms with van der Waals surface area (Å²) in [4.78, 5) is 23.8. The molecule has 4 rings (SSSR count). The number of anilines is 1. The maximum absolute atomic E-state index is 14.9. The fraction of sp³-hybridized carbons (Fsp3) is 0.389. The zero-order valence-corrected chi connectivity index (χ0v) is 14.3. The van der Waals surface area contributed by atoms with Gasteiger partial charge < -0.3 is 10.2 Å². The van der Waals surface area contributed by atoms with Crippen LogP contribution in [0, 0.1) is 11.6 Å². The molecule has 136 valence electrons. The number of rotatable bonds is 4. The van der Waals surface area contributed by atoms with Crippen molar-refractivity contribution in [1.82, 2.24) is 20.2 Å². The van der Waals surface area contributed by atoms with Crippen LogP contribution in [0.4, 0.5) is 14.6 Å². The number of hydrogen-bond acceptors (Lipinski definition) is 5. The van der Waals surface area contributed by atoms with Crippen molar-refractivity contribution in [3.63, 3.8) is 0 Å². The average Bonchev–Trinajstić information content (AvgIpc) is 3.02. The molecule has 3 heterocycles. The first-order valence-corrected chi connectivity index (χ1v) is 8.55. The number of aromatic nitrogens is 2. The van der Waals surface area contributed by atoms with E-state index in [1.54, 1.807) is 0 Å². The molecule has 2 aromatic rings. The molecule has 1 unspecified atom stereocenters. The Morgan fingerprint density at radius 3 is 2.58 bits per heavy atom. The minimum atomic E-state index is -0.515. The molecule has 2 saturated heterocycles. The Bertz CT molecular complexity index is 823. The Morgan fingerprint density at radius 2 is 1.92 bits per heavy atom. The maximum atomic E-state index is 14.9. The van der Waals surface area contributed by atoms with Crippen LogP contribution >= 0.6 is 0 Å². The van der Waals surface area contributed by atoms with Crippen LogP contribution in [-0.2, 0) is 4.79 Å². The number of likely N-dealkylation sites (N-methyl/N-ethyl adjacent to an activating group) is 1. The van der Waals surface area contributed by atoms with Gasteiger partial charge >= 0.3 is 0 Å². The SMILES string of the molecule is CN(C1CN(c2ncnc(-c3ccc(F)cc3)c2F)C1)C1CCNC1=O. The molecule has 1 atom stereocenters. The zero-order valence-electron chi connectivity index (χ0n) is 14.3. The summed E-state index contributed by atoms with van der Waals surface area (Å²) in [6, 6.07) is 5.60. The molecule has 0 bridgehead atoms. The third kappa shape index (κ3) is 2.90. The number of halogens is 2. The van der Waals surface area contributed by atoms with E-state index in [0.29, 0.717) is 25.2 Å². The van der Waals surface area contributed by atoms with Gasteiger partial charge in [0.1, 0.15) is 17.8 Å². The van der Waals surface area contributed by atoms with Gasteiger partial charge in [-0.05, 0) is 37.7 Å². The molecule has 1 aromatic heterocycles. The van der Waals surface area contributed by atoms with E-state index in [1.165, 1.54) is 30.6 Å². The number of nitrogens with one attached hydrogen (secondary N) is 1. The van der Waals surface area contributed by atoms with Crippen molar-refractivity contribution in [2.24, 2.45) is 0 Å². The number of carbonyl (C=O) groups excluding carboxylic acids is 1. The summed E-state index contributed by atoms with van der Waals surface area (Å²) in [5.74, 6) is -0.607. The van der Waals surface area contributed by atoms with Gasteiger partial charge in [0.05, 0.1) is 6.04 Å².